The normalized spacial score (nSPS) is 20.7. The predicted molar refractivity (Wildman–Crippen MR) is 82.1 cm³/mol. The molecule has 0 spiro atoms. The lowest BCUT2D eigenvalue weighted by Gasteiger charge is -2.28. The zero-order valence-corrected chi connectivity index (χ0v) is 12.6. The summed E-state index contributed by atoms with van der Waals surface area (Å²) >= 11 is 0. The van der Waals surface area contributed by atoms with Crippen molar-refractivity contribution >= 4 is 10.8 Å². The van der Waals surface area contributed by atoms with E-state index in [1.165, 1.54) is 0 Å². The van der Waals surface area contributed by atoms with Crippen molar-refractivity contribution in [1.82, 2.24) is 4.72 Å². The summed E-state index contributed by atoms with van der Waals surface area (Å²) in [6.45, 7) is 0. The molecule has 0 aliphatic carbocycles. The highest BCUT2D eigenvalue weighted by Gasteiger charge is 2.35. The van der Waals surface area contributed by atoms with Crippen LogP contribution in [0.1, 0.15) is 17.2 Å². The van der Waals surface area contributed by atoms with Crippen LogP contribution in [0.3, 0.4) is 0 Å². The van der Waals surface area contributed by atoms with Crippen LogP contribution in [-0.4, -0.2) is 23.3 Å². The fourth-order valence-corrected chi connectivity index (χ4v) is 4.05. The summed E-state index contributed by atoms with van der Waals surface area (Å²) in [5, 5.41) is 0. The fraction of sp³-hybridized carbons (Fsp3) is 0.200. The molecule has 1 aliphatic heterocycles. The Bertz CT molecular complexity index is 674. The predicted octanol–water partition coefficient (Wildman–Crippen LogP) is 3.42. The second kappa shape index (κ2) is 5.23. The third-order valence-electron chi connectivity index (χ3n) is 3.56. The minimum absolute atomic E-state index is 0.286. The van der Waals surface area contributed by atoms with Gasteiger partial charge in [-0.05, 0) is 29.3 Å². The molecule has 21 heavy (non-hydrogen) atoms. The Labute approximate surface area is 125 Å². The summed E-state index contributed by atoms with van der Waals surface area (Å²) in [6, 6.07) is 12.6. The summed E-state index contributed by atoms with van der Waals surface area (Å²) in [5.74, 6) is 1.25. The third-order valence-corrected chi connectivity index (χ3v) is 5.11. The van der Waals surface area contributed by atoms with Crippen LogP contribution >= 0.6 is 10.8 Å². The smallest absolute Gasteiger partial charge is 0.161 e. The van der Waals surface area contributed by atoms with Gasteiger partial charge < -0.3 is 9.47 Å². The van der Waals surface area contributed by atoms with Gasteiger partial charge >= 0.3 is 0 Å². The van der Waals surface area contributed by atoms with Gasteiger partial charge in [-0.25, -0.2) is 4.72 Å². The van der Waals surface area contributed by atoms with Gasteiger partial charge in [0.1, 0.15) is 0 Å². The van der Waals surface area contributed by atoms with E-state index in [1.54, 1.807) is 26.4 Å². The Morgan fingerprint density at radius 3 is 2.43 bits per heavy atom. The van der Waals surface area contributed by atoms with E-state index in [4.69, 9.17) is 9.47 Å². The highest BCUT2D eigenvalue weighted by Crippen LogP contribution is 2.56. The Morgan fingerprint density at radius 1 is 1.00 bits per heavy atom. The fourth-order valence-electron chi connectivity index (χ4n) is 2.55. The first-order valence-electron chi connectivity index (χ1n) is 6.43. The van der Waals surface area contributed by atoms with Crippen molar-refractivity contribution in [3.63, 3.8) is 0 Å². The molecule has 0 aromatic heterocycles. The van der Waals surface area contributed by atoms with Gasteiger partial charge in [-0.2, -0.15) is 0 Å². The van der Waals surface area contributed by atoms with Crippen LogP contribution in [0, 0.1) is 0 Å². The summed E-state index contributed by atoms with van der Waals surface area (Å²) < 4.78 is 33.8. The Kier molecular flexibility index (Phi) is 3.54. The van der Waals surface area contributed by atoms with Crippen LogP contribution in [0.15, 0.2) is 47.4 Å². The van der Waals surface area contributed by atoms with Gasteiger partial charge in [0.15, 0.2) is 11.5 Å². The lowest BCUT2D eigenvalue weighted by molar-refractivity contribution is 0.354. The van der Waals surface area contributed by atoms with Gasteiger partial charge in [0.05, 0.1) is 25.2 Å². The Morgan fingerprint density at radius 2 is 1.71 bits per heavy atom. The average Bonchev–Trinajstić information content (AvgIpc) is 2.79. The molecule has 1 heterocycles. The highest BCUT2D eigenvalue weighted by atomic mass is 32.3. The van der Waals surface area contributed by atoms with Gasteiger partial charge in [-0.1, -0.05) is 24.3 Å². The number of nitrogens with one attached hydrogen (secondary N) is 1. The molecule has 0 saturated heterocycles. The van der Waals surface area contributed by atoms with Gasteiger partial charge in [0, 0.05) is 0 Å². The van der Waals surface area contributed by atoms with E-state index in [0.29, 0.717) is 16.4 Å². The van der Waals surface area contributed by atoms with Crippen LogP contribution < -0.4 is 14.2 Å². The van der Waals surface area contributed by atoms with Crippen molar-refractivity contribution in [2.75, 3.05) is 14.2 Å². The molecular formula is C15H17NO4S. The highest BCUT2D eigenvalue weighted by molar-refractivity contribution is 8.23. The van der Waals surface area contributed by atoms with E-state index in [9.17, 15) is 9.11 Å². The number of hydrogen-bond donors (Lipinski definition) is 3. The van der Waals surface area contributed by atoms with Crippen LogP contribution in [0.4, 0.5) is 0 Å². The summed E-state index contributed by atoms with van der Waals surface area (Å²) in [6.07, 6.45) is 0. The van der Waals surface area contributed by atoms with Crippen molar-refractivity contribution in [2.45, 2.75) is 10.9 Å². The minimum atomic E-state index is -2.96. The first kappa shape index (κ1) is 14.2. The molecule has 5 nitrogen and oxygen atoms in total. The second-order valence-electron chi connectivity index (χ2n) is 4.75. The third kappa shape index (κ3) is 2.36. The number of rotatable bonds is 3. The molecule has 0 bridgehead atoms. The molecule has 6 heteroatoms. The maximum Gasteiger partial charge on any atom is 0.161 e. The maximum absolute atomic E-state index is 10.2. The molecule has 0 fully saturated rings. The van der Waals surface area contributed by atoms with Crippen LogP contribution in [0.25, 0.3) is 0 Å². The van der Waals surface area contributed by atoms with Gasteiger partial charge in [-0.15, -0.1) is 10.8 Å². The van der Waals surface area contributed by atoms with E-state index in [2.05, 4.69) is 4.72 Å². The number of hydrogen-bond acceptors (Lipinski definition) is 5. The summed E-state index contributed by atoms with van der Waals surface area (Å²) in [7, 11) is 0.195. The first-order chi connectivity index (χ1) is 10.1. The van der Waals surface area contributed by atoms with E-state index < -0.39 is 10.8 Å². The average molecular weight is 307 g/mol. The van der Waals surface area contributed by atoms with Crippen molar-refractivity contribution in [3.05, 3.63) is 53.6 Å². The van der Waals surface area contributed by atoms with Crippen molar-refractivity contribution in [1.29, 1.82) is 0 Å². The largest absolute Gasteiger partial charge is 0.493 e. The van der Waals surface area contributed by atoms with E-state index in [-0.39, 0.29) is 6.04 Å². The van der Waals surface area contributed by atoms with Gasteiger partial charge in [-0.3, -0.25) is 9.11 Å². The first-order valence-corrected chi connectivity index (χ1v) is 7.98. The second-order valence-corrected chi connectivity index (χ2v) is 6.53. The minimum Gasteiger partial charge on any atom is -0.493 e. The van der Waals surface area contributed by atoms with E-state index in [1.807, 2.05) is 30.3 Å². The maximum atomic E-state index is 10.2. The Hall–Kier alpha value is -1.73. The molecule has 3 N–H and O–H groups in total. The van der Waals surface area contributed by atoms with Crippen molar-refractivity contribution in [2.24, 2.45) is 0 Å². The molecule has 0 radical (unpaired) electrons. The van der Waals surface area contributed by atoms with E-state index in [0.717, 1.165) is 11.1 Å². The van der Waals surface area contributed by atoms with Crippen LogP contribution in [0.5, 0.6) is 11.5 Å². The lowest BCUT2D eigenvalue weighted by Crippen LogP contribution is -2.18. The lowest BCUT2D eigenvalue weighted by atomic mass is 9.99. The van der Waals surface area contributed by atoms with Crippen molar-refractivity contribution in [3.8, 4) is 11.5 Å². The van der Waals surface area contributed by atoms with Gasteiger partial charge in [0.2, 0.25) is 0 Å². The number of methoxy groups -OCH3 is 2. The molecular weight excluding hydrogens is 290 g/mol. The van der Waals surface area contributed by atoms with Crippen LogP contribution in [0.2, 0.25) is 0 Å². The molecule has 0 saturated carbocycles. The number of benzene rings is 2. The molecule has 112 valence electrons. The van der Waals surface area contributed by atoms with Gasteiger partial charge in [0.25, 0.3) is 0 Å². The zero-order chi connectivity index (χ0) is 15.0. The summed E-state index contributed by atoms with van der Waals surface area (Å²) in [5.41, 5.74) is 1.75. The summed E-state index contributed by atoms with van der Waals surface area (Å²) in [4.78, 5) is 0.546. The molecule has 1 aliphatic rings. The number of ether oxygens (including phenoxy) is 2. The molecule has 3 rings (SSSR count). The zero-order valence-electron chi connectivity index (χ0n) is 11.7. The molecule has 1 unspecified atom stereocenters. The molecule has 2 aromatic carbocycles. The standard InChI is InChI=1S/C15H17NO4S/c1-19-12-8-7-10(9-13(12)20-2)15-11-5-3-4-6-14(11)21(17,18)16-15/h3-9,15-18H,1-2H3. The quantitative estimate of drug-likeness (QED) is 0.810. The Balaban J connectivity index is 2.06. The van der Waals surface area contributed by atoms with E-state index >= 15 is 0 Å². The SMILES string of the molecule is COc1ccc(C2NS(O)(O)c3ccccc32)cc1OC. The topological polar surface area (TPSA) is 71.0 Å². The molecule has 2 aromatic rings. The molecule has 0 amide bonds. The van der Waals surface area contributed by atoms with Crippen molar-refractivity contribution < 1.29 is 18.6 Å². The molecule has 1 atom stereocenters. The number of fused-ring (bicyclic) bond motifs is 1. The van der Waals surface area contributed by atoms with Crippen LogP contribution in [-0.2, 0) is 0 Å². The monoisotopic (exact) mass is 307 g/mol.